The van der Waals surface area contributed by atoms with Gasteiger partial charge in [0.05, 0.1) is 5.60 Å². The van der Waals surface area contributed by atoms with E-state index >= 15 is 0 Å². The maximum atomic E-state index is 6.01. The largest absolute Gasteiger partial charge is 0.366 e. The smallest absolute Gasteiger partial charge is 0.134 e. The molecule has 1 fully saturated rings. The molecule has 1 saturated heterocycles. The average Bonchev–Trinajstić information content (AvgIpc) is 2.75. The molecular weight excluding hydrogens is 202 g/mol. The van der Waals surface area contributed by atoms with Crippen molar-refractivity contribution >= 4 is 0 Å². The molecule has 0 bridgehead atoms. The Labute approximate surface area is 97.0 Å². The Kier molecular flexibility index (Phi) is 3.61. The molecule has 1 aliphatic rings. The van der Waals surface area contributed by atoms with E-state index < -0.39 is 0 Å². The number of hydrogen-bond donors (Lipinski definition) is 1. The van der Waals surface area contributed by atoms with Crippen LogP contribution in [0.4, 0.5) is 0 Å². The lowest BCUT2D eigenvalue weighted by Gasteiger charge is -2.34. The zero-order valence-corrected chi connectivity index (χ0v) is 10.2. The molecule has 1 unspecified atom stereocenters. The number of aromatic nitrogens is 2. The van der Waals surface area contributed by atoms with Gasteiger partial charge >= 0.3 is 0 Å². The summed E-state index contributed by atoms with van der Waals surface area (Å²) in [6.45, 7) is 7.92. The standard InChI is InChI=1S/C12H21N3O/c1-3-15-8-7-14-11(15)9-16-12(2)5-4-6-13-10-12/h7-8,13H,3-6,9-10H2,1-2H3. The summed E-state index contributed by atoms with van der Waals surface area (Å²) in [5, 5.41) is 3.38. The third-order valence-corrected chi connectivity index (χ3v) is 3.25. The predicted octanol–water partition coefficient (Wildman–Crippen LogP) is 1.56. The Morgan fingerprint density at radius 2 is 2.50 bits per heavy atom. The molecular formula is C12H21N3O. The zero-order valence-electron chi connectivity index (χ0n) is 10.2. The van der Waals surface area contributed by atoms with E-state index in [1.54, 1.807) is 0 Å². The molecule has 4 nitrogen and oxygen atoms in total. The second-order valence-corrected chi connectivity index (χ2v) is 4.65. The van der Waals surface area contributed by atoms with Gasteiger partial charge in [0.2, 0.25) is 0 Å². The summed E-state index contributed by atoms with van der Waals surface area (Å²) in [6.07, 6.45) is 6.16. The van der Waals surface area contributed by atoms with Crippen LogP contribution in [0.3, 0.4) is 0 Å². The van der Waals surface area contributed by atoms with Gasteiger partial charge in [-0.25, -0.2) is 4.98 Å². The summed E-state index contributed by atoms with van der Waals surface area (Å²) < 4.78 is 8.14. The summed E-state index contributed by atoms with van der Waals surface area (Å²) in [5.74, 6) is 1.02. The molecule has 0 spiro atoms. The van der Waals surface area contributed by atoms with Gasteiger partial charge in [0, 0.05) is 25.5 Å². The van der Waals surface area contributed by atoms with Crippen molar-refractivity contribution in [2.75, 3.05) is 13.1 Å². The normalized spacial score (nSPS) is 25.9. The van der Waals surface area contributed by atoms with Crippen LogP contribution in [0.25, 0.3) is 0 Å². The Balaban J connectivity index is 1.91. The van der Waals surface area contributed by atoms with Crippen molar-refractivity contribution in [3.63, 3.8) is 0 Å². The van der Waals surface area contributed by atoms with Crippen molar-refractivity contribution in [1.29, 1.82) is 0 Å². The van der Waals surface area contributed by atoms with Gasteiger partial charge in [-0.15, -0.1) is 0 Å². The van der Waals surface area contributed by atoms with Crippen molar-refractivity contribution < 1.29 is 4.74 Å². The molecule has 0 aliphatic carbocycles. The van der Waals surface area contributed by atoms with E-state index in [0.29, 0.717) is 6.61 Å². The lowest BCUT2D eigenvalue weighted by molar-refractivity contribution is -0.0604. The summed E-state index contributed by atoms with van der Waals surface area (Å²) in [4.78, 5) is 4.32. The minimum Gasteiger partial charge on any atom is -0.366 e. The van der Waals surface area contributed by atoms with E-state index in [-0.39, 0.29) is 5.60 Å². The Hall–Kier alpha value is -0.870. The molecule has 1 aliphatic heterocycles. The van der Waals surface area contributed by atoms with Gasteiger partial charge in [-0.05, 0) is 33.2 Å². The topological polar surface area (TPSA) is 39.1 Å². The van der Waals surface area contributed by atoms with Crippen LogP contribution in [0.15, 0.2) is 12.4 Å². The first kappa shape index (κ1) is 11.6. The van der Waals surface area contributed by atoms with Crippen molar-refractivity contribution in [3.05, 3.63) is 18.2 Å². The van der Waals surface area contributed by atoms with Gasteiger partial charge in [-0.3, -0.25) is 0 Å². The molecule has 2 heterocycles. The van der Waals surface area contributed by atoms with E-state index in [1.807, 2.05) is 12.4 Å². The van der Waals surface area contributed by atoms with Crippen LogP contribution in [-0.2, 0) is 17.9 Å². The fraction of sp³-hybridized carbons (Fsp3) is 0.750. The van der Waals surface area contributed by atoms with Crippen molar-refractivity contribution in [3.8, 4) is 0 Å². The highest BCUT2D eigenvalue weighted by Crippen LogP contribution is 2.21. The van der Waals surface area contributed by atoms with Gasteiger partial charge in [-0.1, -0.05) is 0 Å². The molecule has 1 aromatic rings. The molecule has 90 valence electrons. The first-order valence-corrected chi connectivity index (χ1v) is 6.08. The highest BCUT2D eigenvalue weighted by atomic mass is 16.5. The Morgan fingerprint density at radius 1 is 1.62 bits per heavy atom. The van der Waals surface area contributed by atoms with E-state index in [1.165, 1.54) is 6.42 Å². The number of piperidine rings is 1. The number of imidazole rings is 1. The summed E-state index contributed by atoms with van der Waals surface area (Å²) in [6, 6.07) is 0. The number of nitrogens with zero attached hydrogens (tertiary/aromatic N) is 2. The van der Waals surface area contributed by atoms with Crippen molar-refractivity contribution in [2.24, 2.45) is 0 Å². The Morgan fingerprint density at radius 3 is 3.19 bits per heavy atom. The van der Waals surface area contributed by atoms with Crippen LogP contribution in [-0.4, -0.2) is 28.2 Å². The van der Waals surface area contributed by atoms with Gasteiger partial charge in [-0.2, -0.15) is 0 Å². The minimum atomic E-state index is -0.0250. The van der Waals surface area contributed by atoms with Crippen LogP contribution in [0.2, 0.25) is 0 Å². The predicted molar refractivity (Wildman–Crippen MR) is 63.2 cm³/mol. The third kappa shape index (κ3) is 2.62. The molecule has 1 N–H and O–H groups in total. The number of hydrogen-bond acceptors (Lipinski definition) is 3. The number of aryl methyl sites for hydroxylation is 1. The van der Waals surface area contributed by atoms with Crippen LogP contribution in [0.1, 0.15) is 32.5 Å². The van der Waals surface area contributed by atoms with Gasteiger partial charge < -0.3 is 14.6 Å². The van der Waals surface area contributed by atoms with Crippen LogP contribution < -0.4 is 5.32 Å². The van der Waals surface area contributed by atoms with Crippen molar-refractivity contribution in [2.45, 2.75) is 45.4 Å². The molecule has 0 radical (unpaired) electrons. The third-order valence-electron chi connectivity index (χ3n) is 3.25. The fourth-order valence-electron chi connectivity index (χ4n) is 2.16. The van der Waals surface area contributed by atoms with Gasteiger partial charge in [0.15, 0.2) is 0 Å². The quantitative estimate of drug-likeness (QED) is 0.842. The van der Waals surface area contributed by atoms with Crippen molar-refractivity contribution in [1.82, 2.24) is 14.9 Å². The second-order valence-electron chi connectivity index (χ2n) is 4.65. The number of nitrogens with one attached hydrogen (secondary N) is 1. The fourth-order valence-corrected chi connectivity index (χ4v) is 2.16. The molecule has 2 rings (SSSR count). The maximum Gasteiger partial charge on any atom is 0.134 e. The molecule has 16 heavy (non-hydrogen) atoms. The second kappa shape index (κ2) is 4.97. The molecule has 1 aromatic heterocycles. The highest BCUT2D eigenvalue weighted by molar-refractivity contribution is 4.91. The summed E-state index contributed by atoms with van der Waals surface area (Å²) in [7, 11) is 0. The van der Waals surface area contributed by atoms with E-state index in [9.17, 15) is 0 Å². The SMILES string of the molecule is CCn1ccnc1COC1(C)CCCNC1. The maximum absolute atomic E-state index is 6.01. The van der Waals surface area contributed by atoms with Crippen LogP contribution in [0, 0.1) is 0 Å². The first-order valence-electron chi connectivity index (χ1n) is 6.08. The summed E-state index contributed by atoms with van der Waals surface area (Å²) >= 11 is 0. The summed E-state index contributed by atoms with van der Waals surface area (Å²) in [5.41, 5.74) is -0.0250. The van der Waals surface area contributed by atoms with E-state index in [0.717, 1.165) is 31.9 Å². The number of rotatable bonds is 4. The van der Waals surface area contributed by atoms with Crippen LogP contribution >= 0.6 is 0 Å². The number of ether oxygens (including phenoxy) is 1. The molecule has 4 heteroatoms. The highest BCUT2D eigenvalue weighted by Gasteiger charge is 2.27. The van der Waals surface area contributed by atoms with E-state index in [4.69, 9.17) is 4.74 Å². The molecule has 0 amide bonds. The zero-order chi connectivity index (χ0) is 11.4. The first-order chi connectivity index (χ1) is 7.73. The lowest BCUT2D eigenvalue weighted by atomic mass is 9.96. The van der Waals surface area contributed by atoms with Gasteiger partial charge in [0.1, 0.15) is 12.4 Å². The molecule has 0 aromatic carbocycles. The lowest BCUT2D eigenvalue weighted by Crippen LogP contribution is -2.45. The van der Waals surface area contributed by atoms with Gasteiger partial charge in [0.25, 0.3) is 0 Å². The van der Waals surface area contributed by atoms with Crippen LogP contribution in [0.5, 0.6) is 0 Å². The Bertz CT molecular complexity index is 329. The monoisotopic (exact) mass is 223 g/mol. The molecule has 0 saturated carbocycles. The minimum absolute atomic E-state index is 0.0250. The average molecular weight is 223 g/mol. The van der Waals surface area contributed by atoms with E-state index in [2.05, 4.69) is 28.7 Å². The molecule has 1 atom stereocenters.